The topological polar surface area (TPSA) is 68.1 Å². The van der Waals surface area contributed by atoms with Crippen LogP contribution in [0.1, 0.15) is 34.2 Å². The number of oxime groups is 1. The van der Waals surface area contributed by atoms with Crippen molar-refractivity contribution >= 4 is 11.7 Å². The van der Waals surface area contributed by atoms with E-state index in [-0.39, 0.29) is 6.42 Å². The molecule has 3 rings (SSSR count). The number of carboxylic acid groups (broad SMARTS) is 1. The number of benzene rings is 3. The van der Waals surface area contributed by atoms with Gasteiger partial charge in [0.15, 0.2) is 0 Å². The predicted octanol–water partition coefficient (Wildman–Crippen LogP) is 5.17. The zero-order chi connectivity index (χ0) is 22.1. The number of hydrogen-bond acceptors (Lipinski definition) is 4. The van der Waals surface area contributed by atoms with E-state index in [4.69, 9.17) is 14.7 Å². The molecule has 160 valence electrons. The molecule has 0 fully saturated rings. The number of aliphatic carboxylic acids is 1. The summed E-state index contributed by atoms with van der Waals surface area (Å²) < 4.78 is 5.75. The minimum atomic E-state index is -0.881. The van der Waals surface area contributed by atoms with Crippen LogP contribution in [0.15, 0.2) is 78.0 Å². The van der Waals surface area contributed by atoms with Gasteiger partial charge in [-0.1, -0.05) is 83.0 Å². The van der Waals surface area contributed by atoms with Gasteiger partial charge < -0.3 is 14.7 Å². The molecular formula is C26H27NO4. The molecular weight excluding hydrogens is 390 g/mol. The van der Waals surface area contributed by atoms with Crippen LogP contribution in [0.5, 0.6) is 5.75 Å². The average molecular weight is 418 g/mol. The molecule has 0 aromatic heterocycles. The van der Waals surface area contributed by atoms with Gasteiger partial charge >= 0.3 is 5.97 Å². The van der Waals surface area contributed by atoms with Crippen molar-refractivity contribution in [3.8, 4) is 5.75 Å². The van der Waals surface area contributed by atoms with Crippen molar-refractivity contribution in [2.75, 3.05) is 13.2 Å². The van der Waals surface area contributed by atoms with Crippen molar-refractivity contribution < 1.29 is 19.5 Å². The summed E-state index contributed by atoms with van der Waals surface area (Å²) in [6.45, 7) is 4.91. The van der Waals surface area contributed by atoms with Gasteiger partial charge in [0.2, 0.25) is 0 Å². The van der Waals surface area contributed by atoms with Crippen molar-refractivity contribution in [3.63, 3.8) is 0 Å². The molecule has 0 aliphatic heterocycles. The zero-order valence-electron chi connectivity index (χ0n) is 17.9. The Labute approximate surface area is 182 Å². The molecule has 31 heavy (non-hydrogen) atoms. The summed E-state index contributed by atoms with van der Waals surface area (Å²) in [5, 5.41) is 13.4. The second kappa shape index (κ2) is 11.0. The van der Waals surface area contributed by atoms with Gasteiger partial charge in [-0.05, 0) is 19.9 Å². The summed E-state index contributed by atoms with van der Waals surface area (Å²) in [5.41, 5.74) is 5.81. The zero-order valence-corrected chi connectivity index (χ0v) is 17.9. The summed E-state index contributed by atoms with van der Waals surface area (Å²) in [7, 11) is 0. The molecule has 3 aromatic rings. The Bertz CT molecular complexity index is 977. The van der Waals surface area contributed by atoms with Gasteiger partial charge in [0.1, 0.15) is 18.1 Å². The highest BCUT2D eigenvalue weighted by Gasteiger charge is 2.09. The average Bonchev–Trinajstić information content (AvgIpc) is 2.76. The quantitative estimate of drug-likeness (QED) is 0.281. The SMILES string of the molecule is Cc1ccc(C(=NOCCCOc2ccccc2CC(=O)O)c2ccc(C)cc2)cc1. The van der Waals surface area contributed by atoms with E-state index in [0.717, 1.165) is 16.8 Å². The van der Waals surface area contributed by atoms with Crippen LogP contribution in [0.4, 0.5) is 0 Å². The van der Waals surface area contributed by atoms with E-state index in [2.05, 4.69) is 43.3 Å². The first-order valence-corrected chi connectivity index (χ1v) is 10.3. The number of hydrogen-bond donors (Lipinski definition) is 1. The largest absolute Gasteiger partial charge is 0.493 e. The molecule has 5 heteroatoms. The third-order valence-corrected chi connectivity index (χ3v) is 4.76. The summed E-state index contributed by atoms with van der Waals surface area (Å²) in [6.07, 6.45) is 0.563. The van der Waals surface area contributed by atoms with Gasteiger partial charge in [-0.3, -0.25) is 4.79 Å². The van der Waals surface area contributed by atoms with Crippen molar-refractivity contribution in [3.05, 3.63) is 101 Å². The van der Waals surface area contributed by atoms with Crippen LogP contribution < -0.4 is 4.74 Å². The monoisotopic (exact) mass is 417 g/mol. The molecule has 0 aliphatic carbocycles. The molecule has 0 amide bonds. The minimum absolute atomic E-state index is 0.0621. The van der Waals surface area contributed by atoms with Crippen molar-refractivity contribution in [2.24, 2.45) is 5.16 Å². The number of para-hydroxylation sites is 1. The number of nitrogens with zero attached hydrogens (tertiary/aromatic N) is 1. The third-order valence-electron chi connectivity index (χ3n) is 4.76. The van der Waals surface area contributed by atoms with Crippen LogP contribution in [0.25, 0.3) is 0 Å². The molecule has 0 radical (unpaired) electrons. The lowest BCUT2D eigenvalue weighted by molar-refractivity contribution is -0.136. The Hall–Kier alpha value is -3.60. The second-order valence-electron chi connectivity index (χ2n) is 7.39. The van der Waals surface area contributed by atoms with E-state index in [1.807, 2.05) is 30.3 Å². The molecule has 3 aromatic carbocycles. The van der Waals surface area contributed by atoms with E-state index < -0.39 is 5.97 Å². The summed E-state index contributed by atoms with van der Waals surface area (Å²) in [4.78, 5) is 16.6. The highest BCUT2D eigenvalue weighted by molar-refractivity contribution is 6.12. The number of ether oxygens (including phenoxy) is 1. The fourth-order valence-corrected chi connectivity index (χ4v) is 3.06. The molecule has 0 heterocycles. The van der Waals surface area contributed by atoms with Gasteiger partial charge in [0.25, 0.3) is 0 Å². The van der Waals surface area contributed by atoms with Crippen LogP contribution in [0, 0.1) is 13.8 Å². The van der Waals surface area contributed by atoms with Crippen LogP contribution in [0.2, 0.25) is 0 Å². The Morgan fingerprint density at radius 3 is 2.00 bits per heavy atom. The van der Waals surface area contributed by atoms with E-state index in [1.54, 1.807) is 18.2 Å². The summed E-state index contributed by atoms with van der Waals surface area (Å²) >= 11 is 0. The Morgan fingerprint density at radius 1 is 0.839 bits per heavy atom. The highest BCUT2D eigenvalue weighted by atomic mass is 16.6. The second-order valence-corrected chi connectivity index (χ2v) is 7.39. The van der Waals surface area contributed by atoms with Gasteiger partial charge in [-0.2, -0.15) is 0 Å². The standard InChI is InChI=1S/C26H27NO4/c1-19-8-12-21(13-9-19)26(22-14-10-20(2)11-15-22)27-31-17-5-16-30-24-7-4-3-6-23(24)18-25(28)29/h3-4,6-15H,5,16-18H2,1-2H3,(H,28,29). The first-order chi connectivity index (χ1) is 15.0. The molecule has 0 spiro atoms. The van der Waals surface area contributed by atoms with Gasteiger partial charge in [0, 0.05) is 23.1 Å². The molecule has 0 atom stereocenters. The molecule has 0 unspecified atom stereocenters. The van der Waals surface area contributed by atoms with E-state index in [0.29, 0.717) is 30.9 Å². The lowest BCUT2D eigenvalue weighted by Gasteiger charge is -2.11. The minimum Gasteiger partial charge on any atom is -0.493 e. The smallest absolute Gasteiger partial charge is 0.307 e. The summed E-state index contributed by atoms with van der Waals surface area (Å²) in [6, 6.07) is 23.6. The van der Waals surface area contributed by atoms with Crippen LogP contribution in [-0.4, -0.2) is 30.0 Å². The maximum Gasteiger partial charge on any atom is 0.307 e. The molecule has 0 saturated carbocycles. The predicted molar refractivity (Wildman–Crippen MR) is 122 cm³/mol. The number of aryl methyl sites for hydroxylation is 2. The number of carbonyl (C=O) groups is 1. The first kappa shape index (κ1) is 22.1. The van der Waals surface area contributed by atoms with E-state index in [1.165, 1.54) is 11.1 Å². The van der Waals surface area contributed by atoms with Crippen molar-refractivity contribution in [1.82, 2.24) is 0 Å². The van der Waals surface area contributed by atoms with E-state index >= 15 is 0 Å². The van der Waals surface area contributed by atoms with Gasteiger partial charge in [0.05, 0.1) is 13.0 Å². The fourth-order valence-electron chi connectivity index (χ4n) is 3.06. The lowest BCUT2D eigenvalue weighted by atomic mass is 10.0. The van der Waals surface area contributed by atoms with E-state index in [9.17, 15) is 4.79 Å². The van der Waals surface area contributed by atoms with Gasteiger partial charge in [-0.15, -0.1) is 0 Å². The van der Waals surface area contributed by atoms with Crippen molar-refractivity contribution in [1.29, 1.82) is 0 Å². The third kappa shape index (κ3) is 6.71. The molecule has 5 nitrogen and oxygen atoms in total. The molecule has 0 aliphatic rings. The number of rotatable bonds is 10. The van der Waals surface area contributed by atoms with Crippen LogP contribution >= 0.6 is 0 Å². The Morgan fingerprint density at radius 2 is 1.42 bits per heavy atom. The first-order valence-electron chi connectivity index (χ1n) is 10.3. The number of carboxylic acids is 1. The molecule has 0 bridgehead atoms. The lowest BCUT2D eigenvalue weighted by Crippen LogP contribution is -2.08. The maximum atomic E-state index is 11.0. The Kier molecular flexibility index (Phi) is 7.82. The van der Waals surface area contributed by atoms with Crippen LogP contribution in [-0.2, 0) is 16.1 Å². The highest BCUT2D eigenvalue weighted by Crippen LogP contribution is 2.19. The summed E-state index contributed by atoms with van der Waals surface area (Å²) in [5.74, 6) is -0.290. The molecule has 1 N–H and O–H groups in total. The maximum absolute atomic E-state index is 11.0. The van der Waals surface area contributed by atoms with Gasteiger partial charge in [-0.25, -0.2) is 0 Å². The van der Waals surface area contributed by atoms with Crippen LogP contribution in [0.3, 0.4) is 0 Å². The normalized spacial score (nSPS) is 10.4. The fraction of sp³-hybridized carbons (Fsp3) is 0.231. The molecule has 0 saturated heterocycles. The van der Waals surface area contributed by atoms with Crippen molar-refractivity contribution in [2.45, 2.75) is 26.7 Å². The Balaban J connectivity index is 1.60.